The zero-order valence-corrected chi connectivity index (χ0v) is 12.0. The van der Waals surface area contributed by atoms with Crippen LogP contribution in [-0.4, -0.2) is 39.4 Å². The van der Waals surface area contributed by atoms with E-state index in [1.165, 1.54) is 32.4 Å². The fraction of sp³-hybridized carbons (Fsp3) is 0.333. The average Bonchev–Trinajstić information content (AvgIpc) is 2.43. The summed E-state index contributed by atoms with van der Waals surface area (Å²) in [6.07, 6.45) is -0.0532. The standard InChI is InChI=1S/C12H15N3O4S/c1-15(6-5-12(16)19-2)20(17,18)11-4-3-9(8-13)7-10(11)14/h3-4,7H,5-6,14H2,1-2H3. The highest BCUT2D eigenvalue weighted by Crippen LogP contribution is 2.22. The van der Waals surface area contributed by atoms with Crippen molar-refractivity contribution in [3.63, 3.8) is 0 Å². The Labute approximate surface area is 117 Å². The van der Waals surface area contributed by atoms with Crippen molar-refractivity contribution in [2.75, 3.05) is 26.4 Å². The van der Waals surface area contributed by atoms with Gasteiger partial charge in [0.05, 0.1) is 30.9 Å². The summed E-state index contributed by atoms with van der Waals surface area (Å²) in [6.45, 7) is -0.0194. The molecule has 0 radical (unpaired) electrons. The second-order valence-corrected chi connectivity index (χ2v) is 6.03. The molecule has 0 fully saturated rings. The van der Waals surface area contributed by atoms with Crippen LogP contribution >= 0.6 is 0 Å². The monoisotopic (exact) mass is 297 g/mol. The third-order valence-electron chi connectivity index (χ3n) is 2.69. The van der Waals surface area contributed by atoms with Crippen LogP contribution in [0.1, 0.15) is 12.0 Å². The van der Waals surface area contributed by atoms with Gasteiger partial charge in [0.2, 0.25) is 10.0 Å². The van der Waals surface area contributed by atoms with E-state index in [1.54, 1.807) is 0 Å². The van der Waals surface area contributed by atoms with Gasteiger partial charge in [-0.15, -0.1) is 0 Å². The molecule has 0 saturated heterocycles. The fourth-order valence-corrected chi connectivity index (χ4v) is 2.76. The molecule has 0 atom stereocenters. The molecule has 1 aromatic carbocycles. The van der Waals surface area contributed by atoms with Crippen LogP contribution in [0, 0.1) is 11.3 Å². The number of rotatable bonds is 5. The smallest absolute Gasteiger partial charge is 0.306 e. The maximum absolute atomic E-state index is 12.3. The van der Waals surface area contributed by atoms with Crippen molar-refractivity contribution in [3.8, 4) is 6.07 Å². The summed E-state index contributed by atoms with van der Waals surface area (Å²) < 4.78 is 30.0. The lowest BCUT2D eigenvalue weighted by Gasteiger charge is -2.17. The van der Waals surface area contributed by atoms with E-state index in [1.807, 2.05) is 6.07 Å². The molecule has 0 heterocycles. The first-order valence-electron chi connectivity index (χ1n) is 5.65. The van der Waals surface area contributed by atoms with E-state index < -0.39 is 16.0 Å². The molecule has 20 heavy (non-hydrogen) atoms. The van der Waals surface area contributed by atoms with Gasteiger partial charge >= 0.3 is 5.97 Å². The molecule has 1 aromatic rings. The Morgan fingerprint density at radius 2 is 2.15 bits per heavy atom. The normalized spacial score (nSPS) is 11.1. The second-order valence-electron chi connectivity index (χ2n) is 4.02. The molecule has 8 heteroatoms. The third kappa shape index (κ3) is 3.46. The number of ether oxygens (including phenoxy) is 1. The third-order valence-corrected chi connectivity index (χ3v) is 4.62. The van der Waals surface area contributed by atoms with Crippen LogP contribution in [0.2, 0.25) is 0 Å². The first-order valence-corrected chi connectivity index (χ1v) is 7.09. The summed E-state index contributed by atoms with van der Waals surface area (Å²) in [5.74, 6) is -0.500. The molecule has 0 bridgehead atoms. The van der Waals surface area contributed by atoms with Crippen LogP contribution in [0.3, 0.4) is 0 Å². The quantitative estimate of drug-likeness (QED) is 0.618. The molecule has 0 saturated carbocycles. The maximum Gasteiger partial charge on any atom is 0.306 e. The summed E-state index contributed by atoms with van der Waals surface area (Å²) in [6, 6.07) is 5.81. The van der Waals surface area contributed by atoms with Crippen LogP contribution in [0.15, 0.2) is 23.1 Å². The van der Waals surface area contributed by atoms with E-state index in [4.69, 9.17) is 11.0 Å². The number of esters is 1. The SMILES string of the molecule is COC(=O)CCN(C)S(=O)(=O)c1ccc(C#N)cc1N. The van der Waals surface area contributed by atoms with Crippen LogP contribution in [-0.2, 0) is 19.6 Å². The number of nitrogen functional groups attached to an aromatic ring is 1. The number of benzene rings is 1. The van der Waals surface area contributed by atoms with Crippen molar-refractivity contribution in [3.05, 3.63) is 23.8 Å². The van der Waals surface area contributed by atoms with Gasteiger partial charge in [0.15, 0.2) is 0 Å². The van der Waals surface area contributed by atoms with Gasteiger partial charge in [-0.3, -0.25) is 4.79 Å². The minimum absolute atomic E-state index is 0.00559. The molecule has 0 amide bonds. The molecular formula is C12H15N3O4S. The highest BCUT2D eigenvalue weighted by molar-refractivity contribution is 7.89. The minimum Gasteiger partial charge on any atom is -0.469 e. The lowest BCUT2D eigenvalue weighted by Crippen LogP contribution is -2.30. The average molecular weight is 297 g/mol. The number of sulfonamides is 1. The van der Waals surface area contributed by atoms with Crippen LogP contribution in [0.4, 0.5) is 5.69 Å². The lowest BCUT2D eigenvalue weighted by molar-refractivity contribution is -0.140. The molecule has 108 valence electrons. The number of carbonyl (C=O) groups is 1. The number of hydrogen-bond acceptors (Lipinski definition) is 6. The summed E-state index contributed by atoms with van der Waals surface area (Å²) in [5, 5.41) is 8.72. The van der Waals surface area contributed by atoms with Crippen molar-refractivity contribution in [2.24, 2.45) is 0 Å². The Morgan fingerprint density at radius 1 is 1.50 bits per heavy atom. The zero-order chi connectivity index (χ0) is 15.3. The van der Waals surface area contributed by atoms with Gasteiger partial charge in [0.1, 0.15) is 4.90 Å². The predicted octanol–water partition coefficient (Wildman–Crippen LogP) is 0.324. The van der Waals surface area contributed by atoms with E-state index in [9.17, 15) is 13.2 Å². The van der Waals surface area contributed by atoms with Crippen molar-refractivity contribution in [1.29, 1.82) is 5.26 Å². The van der Waals surface area contributed by atoms with Crippen LogP contribution in [0.5, 0.6) is 0 Å². The van der Waals surface area contributed by atoms with Gasteiger partial charge in [-0.25, -0.2) is 12.7 Å². The number of methoxy groups -OCH3 is 1. The van der Waals surface area contributed by atoms with Gasteiger partial charge in [-0.1, -0.05) is 0 Å². The van der Waals surface area contributed by atoms with E-state index in [0.717, 1.165) is 4.31 Å². The summed E-state index contributed by atoms with van der Waals surface area (Å²) in [5.41, 5.74) is 5.93. The minimum atomic E-state index is -3.81. The number of nitriles is 1. The Hall–Kier alpha value is -2.11. The van der Waals surface area contributed by atoms with Gasteiger partial charge in [-0.05, 0) is 18.2 Å². The number of nitrogens with two attached hydrogens (primary N) is 1. The van der Waals surface area contributed by atoms with Gasteiger partial charge in [0.25, 0.3) is 0 Å². The van der Waals surface area contributed by atoms with Gasteiger partial charge < -0.3 is 10.5 Å². The second kappa shape index (κ2) is 6.36. The van der Waals surface area contributed by atoms with Crippen LogP contribution < -0.4 is 5.73 Å². The molecule has 7 nitrogen and oxygen atoms in total. The van der Waals surface area contributed by atoms with Gasteiger partial charge in [0, 0.05) is 13.6 Å². The van der Waals surface area contributed by atoms with Crippen molar-refractivity contribution in [2.45, 2.75) is 11.3 Å². The molecule has 0 spiro atoms. The number of anilines is 1. The molecule has 2 N–H and O–H groups in total. The summed E-state index contributed by atoms with van der Waals surface area (Å²) in [7, 11) is -1.23. The largest absolute Gasteiger partial charge is 0.469 e. The topological polar surface area (TPSA) is 113 Å². The van der Waals surface area contributed by atoms with Gasteiger partial charge in [-0.2, -0.15) is 5.26 Å². The zero-order valence-electron chi connectivity index (χ0n) is 11.2. The number of carbonyl (C=O) groups excluding carboxylic acids is 1. The Bertz CT molecular complexity index is 649. The predicted molar refractivity (Wildman–Crippen MR) is 72.0 cm³/mol. The molecule has 1 rings (SSSR count). The molecule has 0 unspecified atom stereocenters. The summed E-state index contributed by atoms with van der Waals surface area (Å²) in [4.78, 5) is 10.9. The maximum atomic E-state index is 12.3. The van der Waals surface area contributed by atoms with Crippen molar-refractivity contribution in [1.82, 2.24) is 4.31 Å². The summed E-state index contributed by atoms with van der Waals surface area (Å²) >= 11 is 0. The first-order chi connectivity index (χ1) is 9.32. The molecule has 0 aliphatic carbocycles. The molecule has 0 aromatic heterocycles. The van der Waals surface area contributed by atoms with Crippen LogP contribution in [0.25, 0.3) is 0 Å². The number of hydrogen-bond donors (Lipinski definition) is 1. The highest BCUT2D eigenvalue weighted by Gasteiger charge is 2.23. The molecule has 0 aliphatic rings. The first kappa shape index (κ1) is 15.9. The lowest BCUT2D eigenvalue weighted by atomic mass is 10.2. The number of nitrogens with zero attached hydrogens (tertiary/aromatic N) is 2. The van der Waals surface area contributed by atoms with E-state index in [2.05, 4.69) is 4.74 Å². The molecule has 0 aliphatic heterocycles. The highest BCUT2D eigenvalue weighted by atomic mass is 32.2. The molecular weight excluding hydrogens is 282 g/mol. The Kier molecular flexibility index (Phi) is 5.07. The Balaban J connectivity index is 2.99. The Morgan fingerprint density at radius 3 is 2.65 bits per heavy atom. The fourth-order valence-electron chi connectivity index (χ4n) is 1.49. The van der Waals surface area contributed by atoms with E-state index in [-0.39, 0.29) is 29.1 Å². The van der Waals surface area contributed by atoms with E-state index >= 15 is 0 Å². The van der Waals surface area contributed by atoms with Crippen molar-refractivity contribution >= 4 is 21.7 Å². The van der Waals surface area contributed by atoms with Crippen molar-refractivity contribution < 1.29 is 17.9 Å². The van der Waals surface area contributed by atoms with E-state index in [0.29, 0.717) is 0 Å².